The summed E-state index contributed by atoms with van der Waals surface area (Å²) in [6.07, 6.45) is 3.48. The molecule has 2 aromatic carbocycles. The first-order chi connectivity index (χ1) is 17.3. The van der Waals surface area contributed by atoms with E-state index in [0.29, 0.717) is 28.9 Å². The van der Waals surface area contributed by atoms with Gasteiger partial charge in [-0.15, -0.1) is 11.3 Å². The molecule has 3 aromatic rings. The number of benzene rings is 2. The topological polar surface area (TPSA) is 106 Å². The molecule has 0 atom stereocenters. The summed E-state index contributed by atoms with van der Waals surface area (Å²) in [7, 11) is -3.87. The number of nitrogens with zero attached hydrogens (tertiary/aromatic N) is 2. The Morgan fingerprint density at radius 3 is 2.47 bits per heavy atom. The molecule has 0 saturated carbocycles. The van der Waals surface area contributed by atoms with Gasteiger partial charge in [0, 0.05) is 29.1 Å². The van der Waals surface area contributed by atoms with Crippen molar-refractivity contribution in [1.82, 2.24) is 9.29 Å². The zero-order valence-electron chi connectivity index (χ0n) is 19.1. The van der Waals surface area contributed by atoms with Gasteiger partial charge in [-0.05, 0) is 37.1 Å². The number of aromatic nitrogens is 1. The second-order valence-electron chi connectivity index (χ2n) is 8.11. The first-order valence-corrected chi connectivity index (χ1v) is 14.3. The summed E-state index contributed by atoms with van der Waals surface area (Å²) in [5.74, 6) is -1.43. The summed E-state index contributed by atoms with van der Waals surface area (Å²) in [6.45, 7) is 0.238. The number of amides is 1. The van der Waals surface area contributed by atoms with Gasteiger partial charge in [0.25, 0.3) is 5.91 Å². The van der Waals surface area contributed by atoms with Crippen molar-refractivity contribution in [1.29, 1.82) is 0 Å². The van der Waals surface area contributed by atoms with E-state index in [1.54, 1.807) is 11.4 Å². The van der Waals surface area contributed by atoms with Gasteiger partial charge >= 0.3 is 5.97 Å². The predicted octanol–water partition coefficient (Wildman–Crippen LogP) is 5.48. The number of halogens is 2. The van der Waals surface area contributed by atoms with E-state index in [1.165, 1.54) is 33.8 Å². The molecule has 1 saturated heterocycles. The Hall–Kier alpha value is -2.50. The van der Waals surface area contributed by atoms with Gasteiger partial charge in [-0.1, -0.05) is 54.2 Å². The number of esters is 1. The Kier molecular flexibility index (Phi) is 8.63. The zero-order valence-corrected chi connectivity index (χ0v) is 22.2. The minimum absolute atomic E-state index is 0.0177. The third-order valence-corrected chi connectivity index (χ3v) is 9.05. The lowest BCUT2D eigenvalue weighted by molar-refractivity contribution is -0.119. The Bertz CT molecular complexity index is 1370. The molecule has 4 rings (SSSR count). The van der Waals surface area contributed by atoms with E-state index in [2.05, 4.69) is 10.3 Å². The molecule has 12 heteroatoms. The third kappa shape index (κ3) is 6.24. The molecule has 0 radical (unpaired) electrons. The zero-order chi connectivity index (χ0) is 25.7. The van der Waals surface area contributed by atoms with E-state index in [4.69, 9.17) is 27.9 Å². The lowest BCUT2D eigenvalue weighted by Crippen LogP contribution is -2.32. The molecule has 190 valence electrons. The highest BCUT2D eigenvalue weighted by atomic mass is 35.5. The van der Waals surface area contributed by atoms with Crippen LogP contribution in [0.4, 0.5) is 5.13 Å². The molecule has 0 spiro atoms. The molecule has 36 heavy (non-hydrogen) atoms. The van der Waals surface area contributed by atoms with Gasteiger partial charge in [-0.3, -0.25) is 10.1 Å². The third-order valence-electron chi connectivity index (χ3n) is 5.58. The largest absolute Gasteiger partial charge is 0.452 e. The fourth-order valence-electron chi connectivity index (χ4n) is 3.74. The van der Waals surface area contributed by atoms with Crippen molar-refractivity contribution in [3.63, 3.8) is 0 Å². The van der Waals surface area contributed by atoms with Crippen molar-refractivity contribution in [3.8, 4) is 11.3 Å². The first kappa shape index (κ1) is 26.6. The fourth-order valence-corrected chi connectivity index (χ4v) is 6.72. The van der Waals surface area contributed by atoms with Crippen LogP contribution in [0.5, 0.6) is 0 Å². The lowest BCUT2D eigenvalue weighted by atomic mass is 10.2. The number of anilines is 1. The minimum atomic E-state index is -3.87. The van der Waals surface area contributed by atoms with E-state index in [-0.39, 0.29) is 15.5 Å². The van der Waals surface area contributed by atoms with E-state index in [1.807, 2.05) is 18.2 Å². The molecular formula is C24H23Cl2N3O5S2. The highest BCUT2D eigenvalue weighted by molar-refractivity contribution is 7.89. The van der Waals surface area contributed by atoms with Gasteiger partial charge in [-0.2, -0.15) is 4.31 Å². The second-order valence-corrected chi connectivity index (χ2v) is 11.7. The van der Waals surface area contributed by atoms with Crippen molar-refractivity contribution in [3.05, 3.63) is 63.5 Å². The number of hydrogen-bond acceptors (Lipinski definition) is 7. The Balaban J connectivity index is 1.39. The molecule has 0 bridgehead atoms. The molecule has 1 aliphatic heterocycles. The van der Waals surface area contributed by atoms with Crippen molar-refractivity contribution in [2.75, 3.05) is 25.0 Å². The SMILES string of the molecule is O=C(COC(=O)c1ccc(Cl)c(S(=O)(=O)N2CCCCCC2)c1)Nc1nc(-c2ccccc2Cl)cs1. The number of sulfonamides is 1. The number of carbonyl (C=O) groups excluding carboxylic acids is 2. The summed E-state index contributed by atoms with van der Waals surface area (Å²) in [5.41, 5.74) is 1.32. The number of carbonyl (C=O) groups is 2. The van der Waals surface area contributed by atoms with Crippen LogP contribution in [0.3, 0.4) is 0 Å². The van der Waals surface area contributed by atoms with Crippen LogP contribution < -0.4 is 5.32 Å². The number of rotatable bonds is 7. The van der Waals surface area contributed by atoms with Gasteiger partial charge in [0.1, 0.15) is 4.90 Å². The number of nitrogens with one attached hydrogen (secondary N) is 1. The van der Waals surface area contributed by atoms with E-state index in [0.717, 1.165) is 31.2 Å². The molecule has 0 unspecified atom stereocenters. The van der Waals surface area contributed by atoms with E-state index in [9.17, 15) is 18.0 Å². The van der Waals surface area contributed by atoms with Gasteiger partial charge in [0.15, 0.2) is 11.7 Å². The van der Waals surface area contributed by atoms with Gasteiger partial charge in [-0.25, -0.2) is 18.2 Å². The molecule has 1 aromatic heterocycles. The van der Waals surface area contributed by atoms with Crippen LogP contribution in [-0.2, 0) is 19.6 Å². The van der Waals surface area contributed by atoms with Crippen LogP contribution in [0.15, 0.2) is 52.7 Å². The van der Waals surface area contributed by atoms with Crippen LogP contribution in [-0.4, -0.2) is 49.3 Å². The minimum Gasteiger partial charge on any atom is -0.452 e. The van der Waals surface area contributed by atoms with Crippen molar-refractivity contribution >= 4 is 61.6 Å². The lowest BCUT2D eigenvalue weighted by Gasteiger charge is -2.21. The average Bonchev–Trinajstić information content (AvgIpc) is 3.13. The quantitative estimate of drug-likeness (QED) is 0.379. The molecule has 1 fully saturated rings. The van der Waals surface area contributed by atoms with E-state index < -0.39 is 28.5 Å². The van der Waals surface area contributed by atoms with Crippen molar-refractivity contribution < 1.29 is 22.7 Å². The molecule has 1 aliphatic rings. The Morgan fingerprint density at radius 1 is 1.03 bits per heavy atom. The Labute approximate surface area is 223 Å². The number of hydrogen-bond donors (Lipinski definition) is 1. The van der Waals surface area contributed by atoms with Crippen LogP contribution >= 0.6 is 34.5 Å². The highest BCUT2D eigenvalue weighted by Gasteiger charge is 2.28. The van der Waals surface area contributed by atoms with E-state index >= 15 is 0 Å². The van der Waals surface area contributed by atoms with Crippen molar-refractivity contribution in [2.24, 2.45) is 0 Å². The first-order valence-electron chi connectivity index (χ1n) is 11.2. The molecule has 2 heterocycles. The summed E-state index contributed by atoms with van der Waals surface area (Å²) < 4.78 is 32.8. The Morgan fingerprint density at radius 2 is 1.75 bits per heavy atom. The average molecular weight is 569 g/mol. The maximum absolute atomic E-state index is 13.1. The normalized spacial score (nSPS) is 14.7. The van der Waals surface area contributed by atoms with Crippen LogP contribution in [0.1, 0.15) is 36.0 Å². The molecule has 1 N–H and O–H groups in total. The summed E-state index contributed by atoms with van der Waals surface area (Å²) in [6, 6.07) is 11.1. The van der Waals surface area contributed by atoms with Gasteiger partial charge < -0.3 is 4.74 Å². The summed E-state index contributed by atoms with van der Waals surface area (Å²) >= 11 is 13.6. The summed E-state index contributed by atoms with van der Waals surface area (Å²) in [5, 5.41) is 5.21. The van der Waals surface area contributed by atoms with Crippen LogP contribution in [0, 0.1) is 0 Å². The maximum Gasteiger partial charge on any atom is 0.338 e. The van der Waals surface area contributed by atoms with Crippen LogP contribution in [0.2, 0.25) is 10.0 Å². The standard InChI is InChI=1S/C24H23Cl2N3O5S2/c25-18-8-4-3-7-17(18)20-15-35-24(27-20)28-22(30)14-34-23(31)16-9-10-19(26)21(13-16)36(32,33)29-11-5-1-2-6-12-29/h3-4,7-10,13,15H,1-2,5-6,11-12,14H2,(H,27,28,30). The smallest absolute Gasteiger partial charge is 0.338 e. The molecule has 8 nitrogen and oxygen atoms in total. The number of ether oxygens (including phenoxy) is 1. The van der Waals surface area contributed by atoms with Gasteiger partial charge in [0.05, 0.1) is 16.3 Å². The predicted molar refractivity (Wildman–Crippen MR) is 140 cm³/mol. The highest BCUT2D eigenvalue weighted by Crippen LogP contribution is 2.30. The van der Waals surface area contributed by atoms with Gasteiger partial charge in [0.2, 0.25) is 10.0 Å². The molecule has 1 amide bonds. The van der Waals surface area contributed by atoms with Crippen molar-refractivity contribution in [2.45, 2.75) is 30.6 Å². The fraction of sp³-hybridized carbons (Fsp3) is 0.292. The number of thiazole rings is 1. The molecule has 0 aliphatic carbocycles. The van der Waals surface area contributed by atoms with Crippen LogP contribution in [0.25, 0.3) is 11.3 Å². The summed E-state index contributed by atoms with van der Waals surface area (Å²) in [4.78, 5) is 29.1. The second kappa shape index (κ2) is 11.7. The monoisotopic (exact) mass is 567 g/mol. The maximum atomic E-state index is 13.1. The molecular weight excluding hydrogens is 545 g/mol.